The number of rotatable bonds is 3. The first-order valence-electron chi connectivity index (χ1n) is 10.3. The van der Waals surface area contributed by atoms with Crippen LogP contribution in [0.4, 0.5) is 0 Å². The summed E-state index contributed by atoms with van der Waals surface area (Å²) in [5.41, 5.74) is 1.36. The van der Waals surface area contributed by atoms with E-state index in [0.717, 1.165) is 12.0 Å². The summed E-state index contributed by atoms with van der Waals surface area (Å²) in [4.78, 5) is 15.2. The lowest BCUT2D eigenvalue weighted by Crippen LogP contribution is -2.36. The molecule has 1 aromatic carbocycles. The van der Waals surface area contributed by atoms with Crippen LogP contribution < -0.4 is 0 Å². The van der Waals surface area contributed by atoms with E-state index in [2.05, 4.69) is 5.10 Å². The standard InChI is InChI=1S/C23H24ClN3O3/c1-14-18(11-22(30-14)17-5-2-3-6-19(17)24)23(29)26-12-15-9-20(27-8-4-7-25-27)21(28)10-16(15)13-26/h2-8,11,15-16,20-21,28H,9-10,12-13H2,1H3/t15-,16+,20-,21-/m1/s1. The number of likely N-dealkylation sites (tertiary alicyclic amines) is 1. The average molecular weight is 426 g/mol. The predicted molar refractivity (Wildman–Crippen MR) is 113 cm³/mol. The molecule has 1 saturated heterocycles. The Morgan fingerprint density at radius 3 is 2.70 bits per heavy atom. The number of furan rings is 1. The lowest BCUT2D eigenvalue weighted by molar-refractivity contribution is 0.0306. The van der Waals surface area contributed by atoms with Gasteiger partial charge in [-0.3, -0.25) is 9.48 Å². The smallest absolute Gasteiger partial charge is 0.257 e. The molecule has 1 saturated carbocycles. The van der Waals surface area contributed by atoms with E-state index in [4.69, 9.17) is 16.0 Å². The first kappa shape index (κ1) is 19.4. The topological polar surface area (TPSA) is 71.5 Å². The lowest BCUT2D eigenvalue weighted by atomic mass is 9.77. The van der Waals surface area contributed by atoms with Crippen molar-refractivity contribution in [3.63, 3.8) is 0 Å². The lowest BCUT2D eigenvalue weighted by Gasteiger charge is -2.35. The third-order valence-corrected chi connectivity index (χ3v) is 6.88. The number of aliphatic hydroxyl groups is 1. The van der Waals surface area contributed by atoms with Gasteiger partial charge in [0.1, 0.15) is 11.5 Å². The van der Waals surface area contributed by atoms with E-state index in [-0.39, 0.29) is 11.9 Å². The number of amides is 1. The van der Waals surface area contributed by atoms with Crippen molar-refractivity contribution in [1.82, 2.24) is 14.7 Å². The number of hydrogen-bond donors (Lipinski definition) is 1. The van der Waals surface area contributed by atoms with Gasteiger partial charge < -0.3 is 14.4 Å². The van der Waals surface area contributed by atoms with Crippen LogP contribution in [-0.4, -0.2) is 44.9 Å². The van der Waals surface area contributed by atoms with Crippen LogP contribution in [0.5, 0.6) is 0 Å². The Bertz CT molecular complexity index is 1060. The van der Waals surface area contributed by atoms with Crippen molar-refractivity contribution >= 4 is 17.5 Å². The van der Waals surface area contributed by atoms with Gasteiger partial charge in [-0.2, -0.15) is 5.10 Å². The van der Waals surface area contributed by atoms with Gasteiger partial charge in [0.25, 0.3) is 5.91 Å². The molecule has 3 aromatic rings. The summed E-state index contributed by atoms with van der Waals surface area (Å²) in [6.07, 6.45) is 4.71. The number of hydrogen-bond acceptors (Lipinski definition) is 4. The van der Waals surface area contributed by atoms with Crippen LogP contribution in [0, 0.1) is 18.8 Å². The van der Waals surface area contributed by atoms with Crippen molar-refractivity contribution in [2.24, 2.45) is 11.8 Å². The second-order valence-electron chi connectivity index (χ2n) is 8.38. The van der Waals surface area contributed by atoms with Crippen LogP contribution in [0.3, 0.4) is 0 Å². The van der Waals surface area contributed by atoms with Crippen molar-refractivity contribution in [1.29, 1.82) is 0 Å². The van der Waals surface area contributed by atoms with Gasteiger partial charge >= 0.3 is 0 Å². The molecule has 6 nitrogen and oxygen atoms in total. The van der Waals surface area contributed by atoms with Gasteiger partial charge in [-0.15, -0.1) is 0 Å². The minimum Gasteiger partial charge on any atom is -0.460 e. The quantitative estimate of drug-likeness (QED) is 0.683. The molecule has 3 heterocycles. The monoisotopic (exact) mass is 425 g/mol. The van der Waals surface area contributed by atoms with E-state index in [9.17, 15) is 9.90 Å². The summed E-state index contributed by atoms with van der Waals surface area (Å²) in [7, 11) is 0. The Morgan fingerprint density at radius 2 is 1.97 bits per heavy atom. The summed E-state index contributed by atoms with van der Waals surface area (Å²) in [5, 5.41) is 15.5. The molecule has 1 aliphatic heterocycles. The van der Waals surface area contributed by atoms with Crippen molar-refractivity contribution in [2.75, 3.05) is 13.1 Å². The molecule has 5 rings (SSSR count). The highest BCUT2D eigenvalue weighted by molar-refractivity contribution is 6.33. The highest BCUT2D eigenvalue weighted by atomic mass is 35.5. The summed E-state index contributed by atoms with van der Waals surface area (Å²) in [5.74, 6) is 1.85. The second kappa shape index (κ2) is 7.60. The maximum absolute atomic E-state index is 13.3. The fraction of sp³-hybridized carbons (Fsp3) is 0.391. The number of halogens is 1. The Hall–Kier alpha value is -2.57. The maximum atomic E-state index is 13.3. The molecule has 2 aliphatic rings. The van der Waals surface area contributed by atoms with Gasteiger partial charge in [-0.1, -0.05) is 23.7 Å². The molecule has 0 spiro atoms. The molecule has 30 heavy (non-hydrogen) atoms. The van der Waals surface area contributed by atoms with Crippen LogP contribution in [0.2, 0.25) is 5.02 Å². The number of carbonyl (C=O) groups excluding carboxylic acids is 1. The van der Waals surface area contributed by atoms with E-state index < -0.39 is 6.10 Å². The summed E-state index contributed by atoms with van der Waals surface area (Å²) in [6, 6.07) is 11.1. The number of aromatic nitrogens is 2. The average Bonchev–Trinajstić information content (AvgIpc) is 3.46. The molecule has 4 atom stereocenters. The highest BCUT2D eigenvalue weighted by Crippen LogP contribution is 2.42. The number of aryl methyl sites for hydroxylation is 1. The van der Waals surface area contributed by atoms with Crippen molar-refractivity contribution in [3.05, 3.63) is 65.1 Å². The zero-order valence-electron chi connectivity index (χ0n) is 16.7. The van der Waals surface area contributed by atoms with Crippen molar-refractivity contribution in [3.8, 4) is 11.3 Å². The van der Waals surface area contributed by atoms with Gasteiger partial charge in [-0.05, 0) is 55.9 Å². The van der Waals surface area contributed by atoms with Gasteiger partial charge in [0.2, 0.25) is 0 Å². The normalized spacial score (nSPS) is 26.0. The minimum absolute atomic E-state index is 0.0194. The fourth-order valence-corrected chi connectivity index (χ4v) is 5.22. The molecular formula is C23H24ClN3O3. The zero-order chi connectivity index (χ0) is 20.8. The summed E-state index contributed by atoms with van der Waals surface area (Å²) >= 11 is 6.29. The Labute approximate surface area is 180 Å². The van der Waals surface area contributed by atoms with Crippen LogP contribution in [0.1, 0.15) is 35.0 Å². The van der Waals surface area contributed by atoms with Crippen molar-refractivity contribution < 1.29 is 14.3 Å². The molecule has 156 valence electrons. The van der Waals surface area contributed by atoms with E-state index in [1.165, 1.54) is 0 Å². The molecule has 0 radical (unpaired) electrons. The first-order valence-corrected chi connectivity index (χ1v) is 10.7. The Balaban J connectivity index is 1.34. The van der Waals surface area contributed by atoms with Crippen molar-refractivity contribution in [2.45, 2.75) is 31.9 Å². The number of aliphatic hydroxyl groups excluding tert-OH is 1. The van der Waals surface area contributed by atoms with E-state index >= 15 is 0 Å². The van der Waals surface area contributed by atoms with Crippen LogP contribution in [0.25, 0.3) is 11.3 Å². The first-order chi connectivity index (χ1) is 14.5. The molecule has 1 N–H and O–H groups in total. The number of benzene rings is 1. The SMILES string of the molecule is Cc1oc(-c2ccccc2Cl)cc1C(=O)N1C[C@H]2C[C@@H](n3cccn3)[C@H](O)C[C@H]2C1. The molecule has 1 aliphatic carbocycles. The number of nitrogens with zero attached hydrogens (tertiary/aromatic N) is 3. The zero-order valence-corrected chi connectivity index (χ0v) is 17.5. The number of fused-ring (bicyclic) bond motifs is 1. The summed E-state index contributed by atoms with van der Waals surface area (Å²) < 4.78 is 7.73. The molecular weight excluding hydrogens is 402 g/mol. The molecule has 7 heteroatoms. The van der Waals surface area contributed by atoms with Gasteiger partial charge in [-0.25, -0.2) is 0 Å². The molecule has 1 amide bonds. The third-order valence-electron chi connectivity index (χ3n) is 6.55. The predicted octanol–water partition coefficient (Wildman–Crippen LogP) is 4.19. The van der Waals surface area contributed by atoms with E-state index in [1.807, 2.05) is 53.0 Å². The third kappa shape index (κ3) is 3.34. The Kier molecular flexibility index (Phi) is 4.91. The second-order valence-corrected chi connectivity index (χ2v) is 8.79. The fourth-order valence-electron chi connectivity index (χ4n) is 4.99. The Morgan fingerprint density at radius 1 is 1.20 bits per heavy atom. The van der Waals surface area contributed by atoms with Crippen LogP contribution >= 0.6 is 11.6 Å². The van der Waals surface area contributed by atoms with E-state index in [0.29, 0.717) is 53.5 Å². The van der Waals surface area contributed by atoms with Crippen LogP contribution in [-0.2, 0) is 0 Å². The van der Waals surface area contributed by atoms with Gasteiger partial charge in [0, 0.05) is 31.0 Å². The van der Waals surface area contributed by atoms with Crippen LogP contribution in [0.15, 0.2) is 53.2 Å². The largest absolute Gasteiger partial charge is 0.460 e. The number of carbonyl (C=O) groups is 1. The molecule has 0 bridgehead atoms. The maximum Gasteiger partial charge on any atom is 0.257 e. The van der Waals surface area contributed by atoms with E-state index in [1.54, 1.807) is 12.3 Å². The van der Waals surface area contributed by atoms with Gasteiger partial charge in [0.15, 0.2) is 0 Å². The molecule has 0 unspecified atom stereocenters. The molecule has 2 aromatic heterocycles. The summed E-state index contributed by atoms with van der Waals surface area (Å²) in [6.45, 7) is 3.17. The highest BCUT2D eigenvalue weighted by Gasteiger charge is 2.44. The molecule has 2 fully saturated rings. The van der Waals surface area contributed by atoms with Gasteiger partial charge in [0.05, 0.1) is 22.7 Å². The minimum atomic E-state index is -0.441.